The van der Waals surface area contributed by atoms with Crippen molar-refractivity contribution >= 4 is 98.8 Å². The van der Waals surface area contributed by atoms with Crippen LogP contribution in [-0.2, 0) is 45.2 Å². The van der Waals surface area contributed by atoms with Crippen LogP contribution in [0.5, 0.6) is 0 Å². The van der Waals surface area contributed by atoms with Gasteiger partial charge in [-0.2, -0.15) is 0 Å². The molecule has 0 saturated heterocycles. The van der Waals surface area contributed by atoms with E-state index in [-0.39, 0.29) is 5.92 Å². The van der Waals surface area contributed by atoms with E-state index in [2.05, 4.69) is 42.9 Å². The fourth-order valence-electron chi connectivity index (χ4n) is 6.97. The average Bonchev–Trinajstić information content (AvgIpc) is 3.89. The summed E-state index contributed by atoms with van der Waals surface area (Å²) in [5.74, 6) is 3.71. The predicted molar refractivity (Wildman–Crippen MR) is 247 cm³/mol. The molecule has 2 atom stereocenters. The summed E-state index contributed by atoms with van der Waals surface area (Å²) in [6, 6.07) is 4.03. The van der Waals surface area contributed by atoms with Gasteiger partial charge in [-0.05, 0) is 25.0 Å². The molecule has 0 radical (unpaired) electrons. The van der Waals surface area contributed by atoms with Crippen molar-refractivity contribution in [3.05, 3.63) is 59.3 Å². The molecule has 8 heterocycles. The molecule has 9 rings (SSSR count). The number of hydrogen-bond acceptors (Lipinski definition) is 16. The average molecular weight is 921 g/mol. The fourth-order valence-corrected chi connectivity index (χ4v) is 13.3. The molecule has 0 bridgehead atoms. The number of ether oxygens (including phenoxy) is 2. The molecular formula is C40H44N10O4S6. The summed E-state index contributed by atoms with van der Waals surface area (Å²) in [5.41, 5.74) is 19.5. The number of nitrogens with two attached hydrogens (primary N) is 2. The van der Waals surface area contributed by atoms with Crippen molar-refractivity contribution in [3.63, 3.8) is 0 Å². The van der Waals surface area contributed by atoms with E-state index >= 15 is 0 Å². The number of pyridine rings is 2. The first-order valence-electron chi connectivity index (χ1n) is 19.0. The monoisotopic (exact) mass is 920 g/mol. The number of thiophene rings is 2. The van der Waals surface area contributed by atoms with E-state index in [1.54, 1.807) is 38.0 Å². The number of fused-ring (bicyclic) bond motifs is 2. The fraction of sp³-hybridized carbons (Fsp3) is 0.350. The lowest BCUT2D eigenvalue weighted by atomic mass is 10.1. The van der Waals surface area contributed by atoms with Crippen LogP contribution in [0, 0.1) is 0 Å². The first-order valence-corrected chi connectivity index (χ1v) is 25.1. The number of hydrogen-bond donors (Lipinski definition) is 2. The molecule has 8 aromatic heterocycles. The minimum absolute atomic E-state index is 0.288. The lowest BCUT2D eigenvalue weighted by Crippen LogP contribution is -2.05. The van der Waals surface area contributed by atoms with Gasteiger partial charge in [0.1, 0.15) is 51.1 Å². The summed E-state index contributed by atoms with van der Waals surface area (Å²) in [4.78, 5) is 29.3. The van der Waals surface area contributed by atoms with Gasteiger partial charge in [-0.15, -0.1) is 45.3 Å². The Hall–Kier alpha value is -4.28. The molecule has 2 unspecified atom stereocenters. The number of thiazole rings is 2. The largest absolute Gasteiger partial charge is 0.396 e. The van der Waals surface area contributed by atoms with E-state index in [4.69, 9.17) is 30.9 Å². The highest BCUT2D eigenvalue weighted by Gasteiger charge is 2.30. The molecule has 4 N–H and O–H groups in total. The maximum atomic E-state index is 12.8. The molecular weight excluding hydrogens is 877 g/mol. The van der Waals surface area contributed by atoms with Crippen LogP contribution in [0.4, 0.5) is 11.4 Å². The zero-order chi connectivity index (χ0) is 42.2. The molecule has 1 aliphatic rings. The lowest BCUT2D eigenvalue weighted by Gasteiger charge is -2.11. The lowest BCUT2D eigenvalue weighted by molar-refractivity contribution is 0.218. The third kappa shape index (κ3) is 8.23. The molecule has 20 heteroatoms. The van der Waals surface area contributed by atoms with Gasteiger partial charge in [-0.3, -0.25) is 8.42 Å². The zero-order valence-corrected chi connectivity index (χ0v) is 38.7. The number of aromatic nitrogens is 8. The van der Waals surface area contributed by atoms with Crippen molar-refractivity contribution in [1.29, 1.82) is 0 Å². The number of nitrogens with zero attached hydrogens (tertiary/aromatic N) is 8. The van der Waals surface area contributed by atoms with E-state index < -0.39 is 21.6 Å². The van der Waals surface area contributed by atoms with Gasteiger partial charge in [0.05, 0.1) is 81.5 Å². The predicted octanol–water partition coefficient (Wildman–Crippen LogP) is 8.31. The van der Waals surface area contributed by atoms with Gasteiger partial charge < -0.3 is 30.1 Å². The molecule has 60 heavy (non-hydrogen) atoms. The molecule has 1 aliphatic carbocycles. The van der Waals surface area contributed by atoms with Crippen LogP contribution in [0.1, 0.15) is 50.2 Å². The van der Waals surface area contributed by atoms with Gasteiger partial charge in [0, 0.05) is 85.2 Å². The third-order valence-corrected chi connectivity index (χ3v) is 17.4. The van der Waals surface area contributed by atoms with E-state index in [1.165, 1.54) is 46.9 Å². The Kier molecular flexibility index (Phi) is 12.7. The molecule has 0 aliphatic heterocycles. The summed E-state index contributed by atoms with van der Waals surface area (Å²) in [5, 5.41) is 7.20. The number of methoxy groups -OCH3 is 2. The van der Waals surface area contributed by atoms with Crippen LogP contribution in [-0.4, -0.2) is 86.4 Å². The van der Waals surface area contributed by atoms with Crippen molar-refractivity contribution in [2.75, 3.05) is 50.4 Å². The maximum absolute atomic E-state index is 12.8. The van der Waals surface area contributed by atoms with Gasteiger partial charge in [0.25, 0.3) is 0 Å². The van der Waals surface area contributed by atoms with Crippen LogP contribution in [0.25, 0.3) is 64.4 Å². The Morgan fingerprint density at radius 1 is 0.750 bits per heavy atom. The standard InChI is InChI=1S/C20H21N5O2S3.C20H23N5O2S3/c1-25-14(10-23-17(25)11-3-4-11)12-9-13(18-22-5-7-28-18)24-19-15(12)16(21)20(29-19)30(26)8-6-27-2;1-11(2)17-23-10-14(25(17)3)12-9-13(18-22-5-7-28-18)24-19-15(12)16(21)20(29-19)30(26)8-6-27-4/h5,7,9-11H,3-4,6,8,21H2,1-2H3;5,7,9-11H,6,8,21H2,1-4H3. The molecule has 1 fully saturated rings. The molecule has 0 spiro atoms. The number of rotatable bonds is 14. The second-order valence-corrected chi connectivity index (χ2v) is 21.7. The first kappa shape index (κ1) is 42.4. The summed E-state index contributed by atoms with van der Waals surface area (Å²) in [6.45, 7) is 5.05. The molecule has 0 aromatic carbocycles. The molecule has 1 saturated carbocycles. The van der Waals surface area contributed by atoms with Crippen LogP contribution >= 0.6 is 45.3 Å². The Bertz CT molecular complexity index is 2650. The van der Waals surface area contributed by atoms with Crippen LogP contribution in [0.3, 0.4) is 0 Å². The number of imidazole rings is 2. The van der Waals surface area contributed by atoms with E-state index in [0.29, 0.717) is 50.4 Å². The second kappa shape index (κ2) is 18.0. The number of nitrogen functional groups attached to an aromatic ring is 2. The van der Waals surface area contributed by atoms with E-state index in [1.807, 2.05) is 49.4 Å². The van der Waals surface area contributed by atoms with Crippen molar-refractivity contribution in [1.82, 2.24) is 39.0 Å². The van der Waals surface area contributed by atoms with Crippen molar-refractivity contribution < 1.29 is 17.9 Å². The van der Waals surface area contributed by atoms with Crippen LogP contribution < -0.4 is 11.5 Å². The van der Waals surface area contributed by atoms with Crippen LogP contribution in [0.2, 0.25) is 0 Å². The van der Waals surface area contributed by atoms with Crippen molar-refractivity contribution in [2.45, 2.75) is 46.9 Å². The minimum Gasteiger partial charge on any atom is -0.396 e. The quantitative estimate of drug-likeness (QED) is 0.106. The van der Waals surface area contributed by atoms with Crippen molar-refractivity contribution in [2.24, 2.45) is 14.1 Å². The normalized spacial score (nSPS) is 14.0. The SMILES string of the molecule is COCCS(=O)c1sc2nc(-c3nccs3)cc(-c3cnc(C(C)C)n3C)c2c1N.COCCS(=O)c1sc2nc(-c3nccs3)cc(-c3cnc(C4CC4)n3C)c2c1N. The molecule has 14 nitrogen and oxygen atoms in total. The molecule has 8 aromatic rings. The minimum atomic E-state index is -1.25. The number of anilines is 2. The highest BCUT2D eigenvalue weighted by molar-refractivity contribution is 7.88. The third-order valence-electron chi connectivity index (χ3n) is 10.1. The van der Waals surface area contributed by atoms with Gasteiger partial charge in [0.2, 0.25) is 0 Å². The second-order valence-electron chi connectivity index (χ2n) is 14.4. The maximum Gasteiger partial charge on any atom is 0.141 e. The van der Waals surface area contributed by atoms with E-state index in [9.17, 15) is 8.42 Å². The highest BCUT2D eigenvalue weighted by atomic mass is 32.2. The van der Waals surface area contributed by atoms with Gasteiger partial charge in [-0.25, -0.2) is 29.9 Å². The summed E-state index contributed by atoms with van der Waals surface area (Å²) < 4.78 is 41.4. The Balaban J connectivity index is 0.000000166. The topological polar surface area (TPSA) is 192 Å². The highest BCUT2D eigenvalue weighted by Crippen LogP contribution is 2.46. The Morgan fingerprint density at radius 2 is 1.23 bits per heavy atom. The smallest absolute Gasteiger partial charge is 0.141 e. The van der Waals surface area contributed by atoms with Gasteiger partial charge in [0.15, 0.2) is 0 Å². The zero-order valence-electron chi connectivity index (χ0n) is 33.8. The van der Waals surface area contributed by atoms with Crippen molar-refractivity contribution in [3.8, 4) is 43.9 Å². The van der Waals surface area contributed by atoms with Crippen LogP contribution in [0.15, 0.2) is 56.1 Å². The Labute approximate surface area is 368 Å². The summed E-state index contributed by atoms with van der Waals surface area (Å²) >= 11 is 5.84. The van der Waals surface area contributed by atoms with Gasteiger partial charge in [-0.1, -0.05) is 13.8 Å². The summed E-state index contributed by atoms with van der Waals surface area (Å²) in [6.07, 6.45) is 9.68. The first-order chi connectivity index (χ1) is 29.0. The van der Waals surface area contributed by atoms with E-state index in [0.717, 1.165) is 76.0 Å². The summed E-state index contributed by atoms with van der Waals surface area (Å²) in [7, 11) is 4.76. The molecule has 314 valence electrons. The Morgan fingerprint density at radius 3 is 1.65 bits per heavy atom. The van der Waals surface area contributed by atoms with Gasteiger partial charge >= 0.3 is 0 Å². The molecule has 0 amide bonds.